The highest BCUT2D eigenvalue weighted by Crippen LogP contribution is 2.42. The third-order valence-electron chi connectivity index (χ3n) is 7.92. The highest BCUT2D eigenvalue weighted by molar-refractivity contribution is 7.99. The fourth-order valence-electron chi connectivity index (χ4n) is 5.77. The monoisotopic (exact) mass is 620 g/mol. The van der Waals surface area contributed by atoms with Gasteiger partial charge in [-0.1, -0.05) is 23.5 Å². The van der Waals surface area contributed by atoms with Gasteiger partial charge in [0.1, 0.15) is 22.9 Å². The van der Waals surface area contributed by atoms with E-state index in [0.717, 1.165) is 24.1 Å². The van der Waals surface area contributed by atoms with E-state index < -0.39 is 0 Å². The summed E-state index contributed by atoms with van der Waals surface area (Å²) in [6.45, 7) is 1.07. The van der Waals surface area contributed by atoms with Crippen LogP contribution in [0.1, 0.15) is 45.2 Å². The second kappa shape index (κ2) is 11.5. The van der Waals surface area contributed by atoms with Crippen molar-refractivity contribution in [2.45, 2.75) is 18.8 Å². The quantitative estimate of drug-likeness (QED) is 0.217. The van der Waals surface area contributed by atoms with Gasteiger partial charge in [-0.15, -0.1) is 0 Å². The van der Waals surface area contributed by atoms with Crippen LogP contribution in [0.25, 0.3) is 27.9 Å². The number of imidazole rings is 1. The number of carbonyl (C=O) groups is 2. The van der Waals surface area contributed by atoms with Crippen molar-refractivity contribution in [3.8, 4) is 11.3 Å². The maximum atomic E-state index is 13.7. The number of hydrogen-bond acceptors (Lipinski definition) is 7. The predicted octanol–water partition coefficient (Wildman–Crippen LogP) is 6.22. The van der Waals surface area contributed by atoms with Crippen molar-refractivity contribution < 1.29 is 18.4 Å². The van der Waals surface area contributed by atoms with Crippen molar-refractivity contribution >= 4 is 63.4 Å². The van der Waals surface area contributed by atoms with Crippen molar-refractivity contribution in [3.05, 3.63) is 82.5 Å². The van der Waals surface area contributed by atoms with Crippen molar-refractivity contribution in [3.63, 3.8) is 0 Å². The molecular weight excluding hydrogens is 591 g/mol. The van der Waals surface area contributed by atoms with E-state index in [-0.39, 0.29) is 23.5 Å². The minimum Gasteiger partial charge on any atom is -0.455 e. The standard InChI is InChI=1S/C31H30ClFN6O3S/c1-35-30(40)27-22-12-21(25(37(2)43-3)13-26(22)42-28(27)17-6-8-20(33)9-7-17)18-5-4-10-38(14-18)31(41)24-16-39-15-19(32)11-23(34)29(39)36-24/h6-9,11-13,15-16,18H,4-5,10,14,34H2,1-3H3,(H,35,40)/t18-/m0/s1. The molecule has 1 saturated heterocycles. The molecule has 0 saturated carbocycles. The van der Waals surface area contributed by atoms with Crippen LogP contribution in [0.15, 0.2) is 59.3 Å². The number of anilines is 2. The fraction of sp³-hybridized carbons (Fsp3) is 0.258. The van der Waals surface area contributed by atoms with Gasteiger partial charge in [-0.05, 0) is 54.8 Å². The molecule has 2 aromatic carbocycles. The lowest BCUT2D eigenvalue weighted by Gasteiger charge is -2.34. The molecule has 43 heavy (non-hydrogen) atoms. The summed E-state index contributed by atoms with van der Waals surface area (Å²) in [5, 5.41) is 3.83. The minimum atomic E-state index is -0.375. The van der Waals surface area contributed by atoms with E-state index in [0.29, 0.717) is 63.0 Å². The van der Waals surface area contributed by atoms with Gasteiger partial charge in [0, 0.05) is 68.8 Å². The highest BCUT2D eigenvalue weighted by Gasteiger charge is 2.31. The van der Waals surface area contributed by atoms with E-state index in [9.17, 15) is 14.0 Å². The van der Waals surface area contributed by atoms with Crippen molar-refractivity contribution in [1.29, 1.82) is 0 Å². The number of hydrogen-bond donors (Lipinski definition) is 2. The number of nitrogens with zero attached hydrogens (tertiary/aromatic N) is 4. The van der Waals surface area contributed by atoms with Gasteiger partial charge in [-0.2, -0.15) is 0 Å². The van der Waals surface area contributed by atoms with Gasteiger partial charge >= 0.3 is 0 Å². The number of amides is 2. The van der Waals surface area contributed by atoms with Gasteiger partial charge in [0.05, 0.1) is 22.0 Å². The molecule has 0 radical (unpaired) electrons. The number of nitrogens with one attached hydrogen (secondary N) is 1. The van der Waals surface area contributed by atoms with E-state index in [2.05, 4.69) is 10.3 Å². The highest BCUT2D eigenvalue weighted by atomic mass is 35.5. The Kier molecular flexibility index (Phi) is 7.70. The van der Waals surface area contributed by atoms with E-state index in [4.69, 9.17) is 21.8 Å². The molecule has 1 aliphatic heterocycles. The number of aromatic nitrogens is 2. The summed E-state index contributed by atoms with van der Waals surface area (Å²) in [6, 6.07) is 11.4. The topological polar surface area (TPSA) is 109 Å². The Morgan fingerprint density at radius 2 is 1.98 bits per heavy atom. The summed E-state index contributed by atoms with van der Waals surface area (Å²) in [6.07, 6.45) is 6.96. The van der Waals surface area contributed by atoms with Crippen LogP contribution >= 0.6 is 23.5 Å². The van der Waals surface area contributed by atoms with Crippen LogP contribution < -0.4 is 15.4 Å². The van der Waals surface area contributed by atoms with Gasteiger partial charge in [0.15, 0.2) is 5.65 Å². The molecule has 5 aromatic rings. The maximum absolute atomic E-state index is 13.7. The average molecular weight is 621 g/mol. The Morgan fingerprint density at radius 3 is 2.70 bits per heavy atom. The third-order valence-corrected chi connectivity index (χ3v) is 8.88. The number of pyridine rings is 1. The summed E-state index contributed by atoms with van der Waals surface area (Å²) in [5.41, 5.74) is 10.7. The number of benzene rings is 2. The summed E-state index contributed by atoms with van der Waals surface area (Å²) in [4.78, 5) is 33.2. The Morgan fingerprint density at radius 1 is 1.21 bits per heavy atom. The lowest BCUT2D eigenvalue weighted by molar-refractivity contribution is 0.0702. The molecule has 3 N–H and O–H groups in total. The van der Waals surface area contributed by atoms with Crippen LogP contribution in [0.2, 0.25) is 5.02 Å². The first kappa shape index (κ1) is 28.9. The molecule has 4 heterocycles. The Balaban J connectivity index is 1.41. The fourth-order valence-corrected chi connectivity index (χ4v) is 6.35. The lowest BCUT2D eigenvalue weighted by Crippen LogP contribution is -2.39. The summed E-state index contributed by atoms with van der Waals surface area (Å²) >= 11 is 7.70. The zero-order chi connectivity index (χ0) is 30.4. The molecule has 1 fully saturated rings. The SMILES string of the molecule is CNC(=O)c1c(-c2ccc(F)cc2)oc2cc(N(C)SC)c([C@H]3CCCN(C(=O)c4cn5cc(Cl)cc(N)c5n4)C3)cc12. The van der Waals surface area contributed by atoms with Gasteiger partial charge in [-0.25, -0.2) is 9.37 Å². The number of fused-ring (bicyclic) bond motifs is 2. The molecule has 0 aliphatic carbocycles. The molecule has 0 unspecified atom stereocenters. The van der Waals surface area contributed by atoms with Crippen molar-refractivity contribution in [2.24, 2.45) is 0 Å². The molecular formula is C31H30ClFN6O3S. The Labute approximate surface area is 256 Å². The molecule has 0 spiro atoms. The summed E-state index contributed by atoms with van der Waals surface area (Å²) in [5.74, 6) is -0.500. The molecule has 1 atom stereocenters. The number of furan rings is 1. The molecule has 6 rings (SSSR count). The number of rotatable bonds is 6. The Bertz CT molecular complexity index is 1870. The molecule has 222 valence electrons. The molecule has 2 amide bonds. The van der Waals surface area contributed by atoms with Crippen LogP contribution in [0.5, 0.6) is 0 Å². The minimum absolute atomic E-state index is 0.00930. The lowest BCUT2D eigenvalue weighted by atomic mass is 9.88. The summed E-state index contributed by atoms with van der Waals surface area (Å²) in [7, 11) is 3.54. The molecule has 0 bridgehead atoms. The second-order valence-corrected chi connectivity index (χ2v) is 11.9. The first-order valence-corrected chi connectivity index (χ1v) is 15.3. The van der Waals surface area contributed by atoms with E-state index >= 15 is 0 Å². The smallest absolute Gasteiger partial charge is 0.274 e. The first-order valence-electron chi connectivity index (χ1n) is 13.8. The van der Waals surface area contributed by atoms with Crippen LogP contribution in [0.4, 0.5) is 15.8 Å². The molecule has 12 heteroatoms. The van der Waals surface area contributed by atoms with Gasteiger partial charge < -0.3 is 29.1 Å². The number of likely N-dealkylation sites (tertiary alicyclic amines) is 1. The van der Waals surface area contributed by atoms with Crippen LogP contribution in [0, 0.1) is 5.82 Å². The first-order chi connectivity index (χ1) is 20.7. The van der Waals surface area contributed by atoms with Gasteiger partial charge in [0.2, 0.25) is 0 Å². The van der Waals surface area contributed by atoms with Crippen LogP contribution in [-0.2, 0) is 0 Å². The van der Waals surface area contributed by atoms with Gasteiger partial charge in [0.25, 0.3) is 11.8 Å². The number of halogens is 2. The number of nitrogens with two attached hydrogens (primary N) is 1. The summed E-state index contributed by atoms with van der Waals surface area (Å²) < 4.78 is 23.7. The number of nitrogen functional groups attached to an aromatic ring is 1. The maximum Gasteiger partial charge on any atom is 0.274 e. The number of carbonyl (C=O) groups excluding carboxylic acids is 2. The van der Waals surface area contributed by atoms with Gasteiger partial charge in [-0.3, -0.25) is 9.59 Å². The van der Waals surface area contributed by atoms with E-state index in [1.54, 1.807) is 54.0 Å². The Hall–Kier alpha value is -4.22. The largest absolute Gasteiger partial charge is 0.455 e. The third kappa shape index (κ3) is 5.27. The van der Waals surface area contributed by atoms with Crippen LogP contribution in [0.3, 0.4) is 0 Å². The van der Waals surface area contributed by atoms with E-state index in [1.807, 2.05) is 34.6 Å². The van der Waals surface area contributed by atoms with Crippen molar-refractivity contribution in [1.82, 2.24) is 19.6 Å². The average Bonchev–Trinajstić information content (AvgIpc) is 3.61. The normalized spacial score (nSPS) is 15.3. The predicted molar refractivity (Wildman–Crippen MR) is 169 cm³/mol. The second-order valence-electron chi connectivity index (χ2n) is 10.5. The van der Waals surface area contributed by atoms with E-state index in [1.165, 1.54) is 12.1 Å². The zero-order valence-electron chi connectivity index (χ0n) is 23.9. The molecule has 1 aliphatic rings. The molecule has 9 nitrogen and oxygen atoms in total. The van der Waals surface area contributed by atoms with Crippen molar-refractivity contribution in [2.75, 3.05) is 43.5 Å². The zero-order valence-corrected chi connectivity index (χ0v) is 25.4. The number of piperidine rings is 1. The van der Waals surface area contributed by atoms with Crippen LogP contribution in [-0.4, -0.2) is 59.5 Å². The molecule has 3 aromatic heterocycles.